The summed E-state index contributed by atoms with van der Waals surface area (Å²) in [5.41, 5.74) is 3.61. The van der Waals surface area contributed by atoms with Crippen molar-refractivity contribution < 1.29 is 4.84 Å². The van der Waals surface area contributed by atoms with E-state index >= 15 is 0 Å². The molecule has 0 spiro atoms. The number of aromatic nitrogens is 1. The SMILES string of the molecule is c1ccc2c3c(cnc2c1)CCCN3OCCCN1CCCC1. The summed E-state index contributed by atoms with van der Waals surface area (Å²) in [6.07, 6.45) is 8.09. The molecule has 0 aliphatic carbocycles. The highest BCUT2D eigenvalue weighted by Gasteiger charge is 2.21. The van der Waals surface area contributed by atoms with Crippen molar-refractivity contribution in [3.05, 3.63) is 36.0 Å². The number of rotatable bonds is 5. The molecule has 2 aromatic rings. The van der Waals surface area contributed by atoms with Crippen LogP contribution >= 0.6 is 0 Å². The highest BCUT2D eigenvalue weighted by molar-refractivity contribution is 5.93. The second kappa shape index (κ2) is 6.85. The molecular weight excluding hydrogens is 286 g/mol. The zero-order valence-corrected chi connectivity index (χ0v) is 13.7. The summed E-state index contributed by atoms with van der Waals surface area (Å²) in [7, 11) is 0. The van der Waals surface area contributed by atoms with Gasteiger partial charge in [-0.05, 0) is 56.8 Å². The van der Waals surface area contributed by atoms with Gasteiger partial charge in [-0.25, -0.2) is 0 Å². The molecule has 2 aliphatic heterocycles. The number of hydrogen-bond donors (Lipinski definition) is 0. The van der Waals surface area contributed by atoms with Gasteiger partial charge in [-0.1, -0.05) is 18.2 Å². The normalized spacial score (nSPS) is 18.5. The highest BCUT2D eigenvalue weighted by Crippen LogP contribution is 2.33. The van der Waals surface area contributed by atoms with Crippen molar-refractivity contribution in [2.75, 3.05) is 37.8 Å². The zero-order valence-electron chi connectivity index (χ0n) is 13.7. The maximum atomic E-state index is 6.16. The van der Waals surface area contributed by atoms with Gasteiger partial charge in [0.05, 0.1) is 17.8 Å². The quantitative estimate of drug-likeness (QED) is 0.791. The maximum absolute atomic E-state index is 6.16. The maximum Gasteiger partial charge on any atom is 0.0777 e. The van der Waals surface area contributed by atoms with Crippen molar-refractivity contribution >= 4 is 16.6 Å². The molecule has 122 valence electrons. The summed E-state index contributed by atoms with van der Waals surface area (Å²) in [6.45, 7) is 5.47. The number of aryl methyl sites for hydroxylation is 1. The average Bonchev–Trinajstić information content (AvgIpc) is 3.12. The predicted octanol–water partition coefficient (Wildman–Crippen LogP) is 3.40. The third kappa shape index (κ3) is 3.19. The number of nitrogens with zero attached hydrogens (tertiary/aromatic N) is 3. The van der Waals surface area contributed by atoms with Crippen LogP contribution in [0.15, 0.2) is 30.5 Å². The van der Waals surface area contributed by atoms with Crippen LogP contribution in [0.4, 0.5) is 5.69 Å². The molecule has 4 nitrogen and oxygen atoms in total. The van der Waals surface area contributed by atoms with Crippen molar-refractivity contribution in [2.24, 2.45) is 0 Å². The standard InChI is InChI=1S/C19H25N3O/c1-2-9-18-17(8-1)19-16(15-20-18)7-5-13-22(19)23-14-6-12-21-10-3-4-11-21/h1-2,8-9,15H,3-7,10-14H2. The topological polar surface area (TPSA) is 28.6 Å². The molecule has 4 heteroatoms. The highest BCUT2D eigenvalue weighted by atomic mass is 16.7. The Labute approximate surface area is 138 Å². The first-order valence-corrected chi connectivity index (χ1v) is 8.91. The molecule has 0 amide bonds. The van der Waals surface area contributed by atoms with Crippen LogP contribution in [0.25, 0.3) is 10.9 Å². The van der Waals surface area contributed by atoms with Gasteiger partial charge in [0.15, 0.2) is 0 Å². The molecule has 0 N–H and O–H groups in total. The molecule has 0 radical (unpaired) electrons. The summed E-state index contributed by atoms with van der Waals surface area (Å²) >= 11 is 0. The Morgan fingerprint density at radius 1 is 1.04 bits per heavy atom. The van der Waals surface area contributed by atoms with Crippen LogP contribution in [-0.2, 0) is 11.3 Å². The van der Waals surface area contributed by atoms with Crippen LogP contribution in [0, 0.1) is 0 Å². The van der Waals surface area contributed by atoms with Crippen molar-refractivity contribution in [1.82, 2.24) is 9.88 Å². The monoisotopic (exact) mass is 311 g/mol. The second-order valence-corrected chi connectivity index (χ2v) is 6.59. The third-order valence-corrected chi connectivity index (χ3v) is 4.94. The van der Waals surface area contributed by atoms with Crippen LogP contribution in [0.5, 0.6) is 0 Å². The lowest BCUT2D eigenvalue weighted by Gasteiger charge is -2.31. The van der Waals surface area contributed by atoms with Crippen LogP contribution in [0.1, 0.15) is 31.2 Å². The van der Waals surface area contributed by atoms with E-state index in [1.807, 2.05) is 12.3 Å². The van der Waals surface area contributed by atoms with Gasteiger partial charge in [-0.2, -0.15) is 0 Å². The van der Waals surface area contributed by atoms with Crippen molar-refractivity contribution in [1.29, 1.82) is 0 Å². The fourth-order valence-corrected chi connectivity index (χ4v) is 3.77. The van der Waals surface area contributed by atoms with Gasteiger partial charge < -0.3 is 4.90 Å². The van der Waals surface area contributed by atoms with E-state index in [-0.39, 0.29) is 0 Å². The van der Waals surface area contributed by atoms with Gasteiger partial charge in [-0.3, -0.25) is 14.9 Å². The Morgan fingerprint density at radius 3 is 2.83 bits per heavy atom. The molecule has 2 aliphatic rings. The summed E-state index contributed by atoms with van der Waals surface area (Å²) in [5, 5.41) is 3.33. The first-order valence-electron chi connectivity index (χ1n) is 8.91. The fourth-order valence-electron chi connectivity index (χ4n) is 3.77. The van der Waals surface area contributed by atoms with E-state index in [2.05, 4.69) is 33.1 Å². The molecule has 3 heterocycles. The fraction of sp³-hybridized carbons (Fsp3) is 0.526. The molecule has 1 saturated heterocycles. The first-order chi connectivity index (χ1) is 11.4. The Morgan fingerprint density at radius 2 is 1.91 bits per heavy atom. The van der Waals surface area contributed by atoms with Gasteiger partial charge >= 0.3 is 0 Å². The van der Waals surface area contributed by atoms with Crippen LogP contribution in [0.2, 0.25) is 0 Å². The summed E-state index contributed by atoms with van der Waals surface area (Å²) in [4.78, 5) is 13.3. The summed E-state index contributed by atoms with van der Waals surface area (Å²) in [6, 6.07) is 8.37. The minimum Gasteiger partial charge on any atom is -0.303 e. The molecule has 23 heavy (non-hydrogen) atoms. The smallest absolute Gasteiger partial charge is 0.0777 e. The Hall–Kier alpha value is -1.65. The second-order valence-electron chi connectivity index (χ2n) is 6.59. The van der Waals surface area contributed by atoms with Crippen molar-refractivity contribution in [2.45, 2.75) is 32.1 Å². The number of hydroxylamine groups is 1. The molecule has 0 atom stereocenters. The van der Waals surface area contributed by atoms with Gasteiger partial charge in [0.1, 0.15) is 0 Å². The van der Waals surface area contributed by atoms with Crippen LogP contribution in [-0.4, -0.2) is 42.7 Å². The molecular formula is C19H25N3O. The largest absolute Gasteiger partial charge is 0.303 e. The summed E-state index contributed by atoms with van der Waals surface area (Å²) in [5.74, 6) is 0. The van der Waals surface area contributed by atoms with E-state index in [4.69, 9.17) is 4.84 Å². The molecule has 0 saturated carbocycles. The van der Waals surface area contributed by atoms with E-state index in [0.717, 1.165) is 44.5 Å². The van der Waals surface area contributed by atoms with E-state index in [1.165, 1.54) is 42.6 Å². The summed E-state index contributed by atoms with van der Waals surface area (Å²) < 4.78 is 0. The number of benzene rings is 1. The average molecular weight is 311 g/mol. The Kier molecular flexibility index (Phi) is 4.44. The minimum absolute atomic E-state index is 0.798. The Bertz CT molecular complexity index is 667. The molecule has 4 rings (SSSR count). The number of anilines is 1. The molecule has 1 fully saturated rings. The zero-order chi connectivity index (χ0) is 15.5. The van der Waals surface area contributed by atoms with E-state index in [9.17, 15) is 0 Å². The van der Waals surface area contributed by atoms with Gasteiger partial charge in [0, 0.05) is 24.7 Å². The van der Waals surface area contributed by atoms with Gasteiger partial charge in [-0.15, -0.1) is 0 Å². The van der Waals surface area contributed by atoms with Crippen molar-refractivity contribution in [3.63, 3.8) is 0 Å². The number of pyridine rings is 1. The number of para-hydroxylation sites is 1. The van der Waals surface area contributed by atoms with E-state index in [1.54, 1.807) is 0 Å². The minimum atomic E-state index is 0.798. The predicted molar refractivity (Wildman–Crippen MR) is 93.7 cm³/mol. The number of likely N-dealkylation sites (tertiary alicyclic amines) is 1. The Balaban J connectivity index is 1.45. The number of hydrogen-bond acceptors (Lipinski definition) is 4. The first kappa shape index (κ1) is 14.9. The van der Waals surface area contributed by atoms with Crippen molar-refractivity contribution in [3.8, 4) is 0 Å². The number of fused-ring (bicyclic) bond motifs is 3. The molecule has 0 unspecified atom stereocenters. The van der Waals surface area contributed by atoms with Crippen LogP contribution in [0.3, 0.4) is 0 Å². The molecule has 0 bridgehead atoms. The molecule has 1 aromatic carbocycles. The van der Waals surface area contributed by atoms with Gasteiger partial charge in [0.25, 0.3) is 0 Å². The lowest BCUT2D eigenvalue weighted by Crippen LogP contribution is -2.31. The van der Waals surface area contributed by atoms with E-state index < -0.39 is 0 Å². The van der Waals surface area contributed by atoms with Crippen LogP contribution < -0.4 is 5.06 Å². The third-order valence-electron chi connectivity index (χ3n) is 4.94. The van der Waals surface area contributed by atoms with Gasteiger partial charge in [0.2, 0.25) is 0 Å². The lowest BCUT2D eigenvalue weighted by molar-refractivity contribution is 0.0962. The molecule has 1 aromatic heterocycles. The van der Waals surface area contributed by atoms with E-state index in [0.29, 0.717) is 0 Å². The lowest BCUT2D eigenvalue weighted by atomic mass is 10.0.